The molecule has 1 aliphatic rings. The number of amidine groups is 1. The molecule has 0 unspecified atom stereocenters. The Morgan fingerprint density at radius 1 is 1.36 bits per heavy atom. The molecule has 1 aromatic carbocycles. The fraction of sp³-hybridized carbons (Fsp3) is 0.286. The van der Waals surface area contributed by atoms with Gasteiger partial charge in [0.15, 0.2) is 5.84 Å². The van der Waals surface area contributed by atoms with Crippen LogP contribution < -0.4 is 5.73 Å². The summed E-state index contributed by atoms with van der Waals surface area (Å²) in [6.07, 6.45) is 0. The second-order valence-corrected chi connectivity index (χ2v) is 4.35. The molecule has 0 bridgehead atoms. The normalized spacial score (nSPS) is 15.9. The molecule has 0 aliphatic carbocycles. The molecule has 1 heterocycles. The molecule has 116 valence electrons. The number of nitrogens with two attached hydrogens (primary N) is 1. The minimum absolute atomic E-state index is 0.0950. The van der Waals surface area contributed by atoms with Crippen molar-refractivity contribution >= 4 is 23.4 Å². The van der Waals surface area contributed by atoms with Crippen LogP contribution in [0.15, 0.2) is 40.6 Å². The quantitative estimate of drug-likeness (QED) is 0.598. The van der Waals surface area contributed by atoms with Crippen LogP contribution in [0, 0.1) is 0 Å². The van der Waals surface area contributed by atoms with Crippen LogP contribution in [0.1, 0.15) is 12.5 Å². The van der Waals surface area contributed by atoms with Gasteiger partial charge in [0, 0.05) is 0 Å². The largest absolute Gasteiger partial charge is 0.465 e. The first-order valence-corrected chi connectivity index (χ1v) is 6.67. The zero-order valence-electron chi connectivity index (χ0n) is 12.1. The van der Waals surface area contributed by atoms with Crippen molar-refractivity contribution < 1.29 is 19.2 Å². The zero-order chi connectivity index (χ0) is 15.9. The van der Waals surface area contributed by atoms with Crippen molar-refractivity contribution in [3.05, 3.63) is 35.9 Å². The van der Waals surface area contributed by atoms with Crippen molar-refractivity contribution in [3.8, 4) is 0 Å². The van der Waals surface area contributed by atoms with Gasteiger partial charge in [-0.15, -0.1) is 5.10 Å². The molecule has 0 saturated heterocycles. The molecule has 0 saturated carbocycles. The Hall–Kier alpha value is -2.90. The molecule has 1 amide bonds. The summed E-state index contributed by atoms with van der Waals surface area (Å²) < 4.78 is 4.75. The Kier molecular flexibility index (Phi) is 5.07. The number of benzene rings is 1. The Labute approximate surface area is 127 Å². The van der Waals surface area contributed by atoms with E-state index in [-0.39, 0.29) is 31.3 Å². The highest BCUT2D eigenvalue weighted by atomic mass is 16.6. The summed E-state index contributed by atoms with van der Waals surface area (Å²) in [6.45, 7) is 1.78. The number of hydrogen-bond acceptors (Lipinski definition) is 7. The van der Waals surface area contributed by atoms with Gasteiger partial charge in [0.1, 0.15) is 13.2 Å². The van der Waals surface area contributed by atoms with Gasteiger partial charge in [-0.25, -0.2) is 5.01 Å². The maximum absolute atomic E-state index is 12.0. The summed E-state index contributed by atoms with van der Waals surface area (Å²) in [4.78, 5) is 28.5. The zero-order valence-corrected chi connectivity index (χ0v) is 12.1. The molecular weight excluding hydrogens is 288 g/mol. The fourth-order valence-electron chi connectivity index (χ4n) is 1.72. The van der Waals surface area contributed by atoms with Crippen molar-refractivity contribution in [1.82, 2.24) is 5.01 Å². The summed E-state index contributed by atoms with van der Waals surface area (Å²) in [7, 11) is 0. The van der Waals surface area contributed by atoms with E-state index in [9.17, 15) is 9.59 Å². The standard InChI is InChI=1S/C14H16N4O4/c1-2-21-11(19)8-18-14(20)12(13(15)16-18)17-22-9-10-6-4-3-5-7-10/h3-7H,2,8-9H2,1H3,(H2,15,16)/b17-12+. The number of oxime groups is 1. The highest BCUT2D eigenvalue weighted by Gasteiger charge is 2.32. The van der Waals surface area contributed by atoms with E-state index in [4.69, 9.17) is 15.3 Å². The molecule has 1 aliphatic heterocycles. The van der Waals surface area contributed by atoms with Crippen molar-refractivity contribution in [3.63, 3.8) is 0 Å². The van der Waals surface area contributed by atoms with Crippen LogP contribution in [0.25, 0.3) is 0 Å². The number of hydrogen-bond donors (Lipinski definition) is 1. The van der Waals surface area contributed by atoms with Gasteiger partial charge in [-0.1, -0.05) is 35.5 Å². The van der Waals surface area contributed by atoms with Gasteiger partial charge in [-0.3, -0.25) is 9.59 Å². The highest BCUT2D eigenvalue weighted by Crippen LogP contribution is 2.06. The number of amides is 1. The van der Waals surface area contributed by atoms with Gasteiger partial charge >= 0.3 is 11.9 Å². The minimum Gasteiger partial charge on any atom is -0.465 e. The first-order chi connectivity index (χ1) is 10.6. The van der Waals surface area contributed by atoms with E-state index in [0.717, 1.165) is 10.6 Å². The molecule has 1 aromatic rings. The Morgan fingerprint density at radius 2 is 2.09 bits per heavy atom. The van der Waals surface area contributed by atoms with Crippen molar-refractivity contribution in [2.24, 2.45) is 16.0 Å². The summed E-state index contributed by atoms with van der Waals surface area (Å²) in [5.41, 5.74) is 6.39. The van der Waals surface area contributed by atoms with E-state index in [2.05, 4.69) is 10.3 Å². The van der Waals surface area contributed by atoms with Gasteiger partial charge < -0.3 is 15.3 Å². The third-order valence-corrected chi connectivity index (χ3v) is 2.72. The predicted molar refractivity (Wildman–Crippen MR) is 78.6 cm³/mol. The number of rotatable bonds is 6. The van der Waals surface area contributed by atoms with Gasteiger partial charge in [0.05, 0.1) is 6.61 Å². The van der Waals surface area contributed by atoms with E-state index >= 15 is 0 Å². The Morgan fingerprint density at radius 3 is 2.77 bits per heavy atom. The van der Waals surface area contributed by atoms with Crippen LogP contribution in [0.5, 0.6) is 0 Å². The summed E-state index contributed by atoms with van der Waals surface area (Å²) in [5, 5.41) is 8.37. The topological polar surface area (TPSA) is 107 Å². The van der Waals surface area contributed by atoms with E-state index in [0.29, 0.717) is 0 Å². The lowest BCUT2D eigenvalue weighted by molar-refractivity contribution is -0.147. The number of nitrogens with zero attached hydrogens (tertiary/aromatic N) is 3. The maximum Gasteiger partial charge on any atom is 0.327 e. The second-order valence-electron chi connectivity index (χ2n) is 4.35. The van der Waals surface area contributed by atoms with Crippen LogP contribution >= 0.6 is 0 Å². The van der Waals surface area contributed by atoms with Gasteiger partial charge in [-0.2, -0.15) is 0 Å². The molecule has 2 N–H and O–H groups in total. The second kappa shape index (κ2) is 7.21. The number of carbonyl (C=O) groups excluding carboxylic acids is 2. The molecule has 0 fully saturated rings. The number of carbonyl (C=O) groups is 2. The smallest absolute Gasteiger partial charge is 0.327 e. The van der Waals surface area contributed by atoms with E-state index in [1.165, 1.54) is 0 Å². The third kappa shape index (κ3) is 3.81. The lowest BCUT2D eigenvalue weighted by atomic mass is 10.2. The van der Waals surface area contributed by atoms with E-state index in [1.807, 2.05) is 30.3 Å². The van der Waals surface area contributed by atoms with E-state index < -0.39 is 11.9 Å². The van der Waals surface area contributed by atoms with Crippen molar-refractivity contribution in [2.45, 2.75) is 13.5 Å². The van der Waals surface area contributed by atoms with Crippen LogP contribution in [-0.2, 0) is 25.8 Å². The number of ether oxygens (including phenoxy) is 1. The van der Waals surface area contributed by atoms with Gasteiger partial charge in [0.25, 0.3) is 0 Å². The predicted octanol–water partition coefficient (Wildman–Crippen LogP) is 0.237. The molecule has 2 rings (SSSR count). The lowest BCUT2D eigenvalue weighted by Gasteiger charge is -2.09. The highest BCUT2D eigenvalue weighted by molar-refractivity contribution is 6.68. The van der Waals surface area contributed by atoms with Crippen molar-refractivity contribution in [1.29, 1.82) is 0 Å². The lowest BCUT2D eigenvalue weighted by Crippen LogP contribution is -2.34. The summed E-state index contributed by atoms with van der Waals surface area (Å²) in [5.74, 6) is -1.26. The van der Waals surface area contributed by atoms with Gasteiger partial charge in [0.2, 0.25) is 5.71 Å². The molecule has 0 radical (unpaired) electrons. The van der Waals surface area contributed by atoms with Crippen LogP contribution in [0.2, 0.25) is 0 Å². The van der Waals surface area contributed by atoms with Crippen LogP contribution in [0.3, 0.4) is 0 Å². The average Bonchev–Trinajstić information content (AvgIpc) is 2.76. The molecule has 8 nitrogen and oxygen atoms in total. The first-order valence-electron chi connectivity index (χ1n) is 6.67. The molecular formula is C14H16N4O4. The van der Waals surface area contributed by atoms with Crippen LogP contribution in [-0.4, -0.2) is 41.6 Å². The SMILES string of the molecule is CCOC(=O)CN1N=C(N)/C(=N\OCc2ccccc2)C1=O. The number of hydrazone groups is 1. The third-order valence-electron chi connectivity index (χ3n) is 2.72. The monoisotopic (exact) mass is 304 g/mol. The Bertz CT molecular complexity index is 613. The molecule has 8 heteroatoms. The Balaban J connectivity index is 1.94. The molecule has 0 aromatic heterocycles. The molecule has 0 spiro atoms. The summed E-state index contributed by atoms with van der Waals surface area (Å²) in [6, 6.07) is 9.34. The maximum atomic E-state index is 12.0. The fourth-order valence-corrected chi connectivity index (χ4v) is 1.72. The number of esters is 1. The molecule has 0 atom stereocenters. The minimum atomic E-state index is -0.599. The first kappa shape index (κ1) is 15.5. The summed E-state index contributed by atoms with van der Waals surface area (Å²) >= 11 is 0. The average molecular weight is 304 g/mol. The van der Waals surface area contributed by atoms with E-state index in [1.54, 1.807) is 6.92 Å². The van der Waals surface area contributed by atoms with Crippen LogP contribution in [0.4, 0.5) is 0 Å². The molecule has 22 heavy (non-hydrogen) atoms. The van der Waals surface area contributed by atoms with Gasteiger partial charge in [-0.05, 0) is 12.5 Å². The van der Waals surface area contributed by atoms with Crippen molar-refractivity contribution in [2.75, 3.05) is 13.2 Å².